The van der Waals surface area contributed by atoms with Gasteiger partial charge in [-0.2, -0.15) is 10.4 Å². The molecule has 1 N–H and O–H groups in total. The predicted octanol–water partition coefficient (Wildman–Crippen LogP) is 1.06. The average molecular weight is 257 g/mol. The molecule has 19 heavy (non-hydrogen) atoms. The number of nitrogens with one attached hydrogen (secondary N) is 1. The maximum atomic E-state index is 9.17. The molecule has 2 rings (SSSR count). The summed E-state index contributed by atoms with van der Waals surface area (Å²) in [5.74, 6) is 0. The third kappa shape index (κ3) is 3.24. The first-order valence-electron chi connectivity index (χ1n) is 6.44. The number of nitrogens with zero attached hydrogens (tertiary/aromatic N) is 4. The van der Waals surface area contributed by atoms with Crippen molar-refractivity contribution >= 4 is 6.21 Å². The standard InChI is InChI=1S/C14H19N5/c1-12-13(10-15)11-17-16-5-4-14(12)19-7-3-6-18(2)8-9-19/h4-5,11,17H,1,3,6-9H2,2H3/b13-11-,14-4?,16-5-. The minimum absolute atomic E-state index is 0.528. The second-order valence-electron chi connectivity index (χ2n) is 4.75. The number of allylic oxidation sites excluding steroid dienone is 2. The summed E-state index contributed by atoms with van der Waals surface area (Å²) >= 11 is 0. The van der Waals surface area contributed by atoms with Crippen LogP contribution < -0.4 is 5.43 Å². The van der Waals surface area contributed by atoms with Crippen LogP contribution in [0.25, 0.3) is 0 Å². The minimum Gasteiger partial charge on any atom is -0.370 e. The van der Waals surface area contributed by atoms with Crippen molar-refractivity contribution in [3.05, 3.63) is 35.7 Å². The zero-order valence-electron chi connectivity index (χ0n) is 11.3. The molecule has 0 bridgehead atoms. The number of nitriles is 1. The molecule has 1 fully saturated rings. The number of likely N-dealkylation sites (N-methyl/N-ethyl adjacent to an activating group) is 1. The van der Waals surface area contributed by atoms with Crippen LogP contribution >= 0.6 is 0 Å². The molecule has 0 amide bonds. The lowest BCUT2D eigenvalue weighted by molar-refractivity contribution is 0.329. The Morgan fingerprint density at radius 2 is 2.21 bits per heavy atom. The smallest absolute Gasteiger partial charge is 0.101 e. The number of hydrogen-bond acceptors (Lipinski definition) is 5. The summed E-state index contributed by atoms with van der Waals surface area (Å²) in [5, 5.41) is 13.2. The Kier molecular flexibility index (Phi) is 4.37. The molecule has 0 unspecified atom stereocenters. The van der Waals surface area contributed by atoms with Crippen molar-refractivity contribution < 1.29 is 0 Å². The van der Waals surface area contributed by atoms with Gasteiger partial charge in [-0.05, 0) is 26.1 Å². The topological polar surface area (TPSA) is 54.7 Å². The highest BCUT2D eigenvalue weighted by atomic mass is 15.3. The van der Waals surface area contributed by atoms with Crippen LogP contribution in [0.2, 0.25) is 0 Å². The van der Waals surface area contributed by atoms with Gasteiger partial charge in [-0.25, -0.2) is 0 Å². The number of hydrazone groups is 1. The molecule has 0 aliphatic carbocycles. The zero-order valence-corrected chi connectivity index (χ0v) is 11.3. The van der Waals surface area contributed by atoms with Crippen LogP contribution in [0.1, 0.15) is 6.42 Å². The quantitative estimate of drug-likeness (QED) is 0.763. The molecule has 0 aromatic carbocycles. The maximum absolute atomic E-state index is 9.17. The molecule has 0 aromatic rings. The van der Waals surface area contributed by atoms with Crippen LogP contribution in [0.15, 0.2) is 40.8 Å². The molecule has 0 saturated carbocycles. The minimum atomic E-state index is 0.528. The fourth-order valence-corrected chi connectivity index (χ4v) is 2.26. The van der Waals surface area contributed by atoms with Crippen molar-refractivity contribution in [2.75, 3.05) is 33.2 Å². The predicted molar refractivity (Wildman–Crippen MR) is 76.2 cm³/mol. The molecule has 2 aliphatic rings. The van der Waals surface area contributed by atoms with Gasteiger partial charge in [0, 0.05) is 43.3 Å². The Morgan fingerprint density at radius 3 is 3.00 bits per heavy atom. The Hall–Kier alpha value is -2.06. The lowest BCUT2D eigenvalue weighted by Crippen LogP contribution is -2.29. The Bertz CT molecular complexity index is 481. The van der Waals surface area contributed by atoms with Gasteiger partial charge in [-0.1, -0.05) is 6.58 Å². The van der Waals surface area contributed by atoms with Gasteiger partial charge in [-0.15, -0.1) is 0 Å². The monoisotopic (exact) mass is 257 g/mol. The molecule has 2 heterocycles. The van der Waals surface area contributed by atoms with E-state index in [1.807, 2.05) is 6.08 Å². The van der Waals surface area contributed by atoms with Gasteiger partial charge in [-0.3, -0.25) is 5.43 Å². The lowest BCUT2D eigenvalue weighted by Gasteiger charge is -2.27. The van der Waals surface area contributed by atoms with E-state index in [0.717, 1.165) is 43.9 Å². The number of rotatable bonds is 1. The summed E-state index contributed by atoms with van der Waals surface area (Å²) in [6.07, 6.45) is 6.34. The van der Waals surface area contributed by atoms with Gasteiger partial charge in [0.25, 0.3) is 0 Å². The molecule has 1 saturated heterocycles. The SMILES string of the molecule is C=C1C(N2CCCN(C)CC2)=C/C=N\N/C=C\1C#N. The highest BCUT2D eigenvalue weighted by Crippen LogP contribution is 2.22. The van der Waals surface area contributed by atoms with E-state index in [9.17, 15) is 0 Å². The Balaban J connectivity index is 2.23. The third-order valence-corrected chi connectivity index (χ3v) is 3.41. The highest BCUT2D eigenvalue weighted by molar-refractivity contribution is 5.75. The fraction of sp³-hybridized carbons (Fsp3) is 0.429. The third-order valence-electron chi connectivity index (χ3n) is 3.41. The average Bonchev–Trinajstić information content (AvgIpc) is 2.60. The van der Waals surface area contributed by atoms with Gasteiger partial charge in [0.05, 0.1) is 5.57 Å². The molecule has 5 heteroatoms. The first-order valence-corrected chi connectivity index (χ1v) is 6.44. The van der Waals surface area contributed by atoms with E-state index in [4.69, 9.17) is 5.26 Å². The first-order chi connectivity index (χ1) is 9.22. The van der Waals surface area contributed by atoms with Crippen LogP contribution in [-0.2, 0) is 0 Å². The van der Waals surface area contributed by atoms with Crippen molar-refractivity contribution in [1.82, 2.24) is 15.2 Å². The Morgan fingerprint density at radius 1 is 1.37 bits per heavy atom. The summed E-state index contributed by atoms with van der Waals surface area (Å²) in [6, 6.07) is 2.16. The van der Waals surface area contributed by atoms with E-state index >= 15 is 0 Å². The van der Waals surface area contributed by atoms with Crippen molar-refractivity contribution in [3.63, 3.8) is 0 Å². The van der Waals surface area contributed by atoms with E-state index < -0.39 is 0 Å². The van der Waals surface area contributed by atoms with Gasteiger partial charge in [0.1, 0.15) is 6.07 Å². The normalized spacial score (nSPS) is 25.9. The van der Waals surface area contributed by atoms with Gasteiger partial charge < -0.3 is 9.80 Å². The summed E-state index contributed by atoms with van der Waals surface area (Å²) in [5.41, 5.74) is 4.99. The highest BCUT2D eigenvalue weighted by Gasteiger charge is 2.18. The largest absolute Gasteiger partial charge is 0.370 e. The number of hydrogen-bond donors (Lipinski definition) is 1. The fourth-order valence-electron chi connectivity index (χ4n) is 2.26. The van der Waals surface area contributed by atoms with Crippen molar-refractivity contribution in [1.29, 1.82) is 5.26 Å². The van der Waals surface area contributed by atoms with Crippen molar-refractivity contribution in [3.8, 4) is 6.07 Å². The van der Waals surface area contributed by atoms with Crippen molar-refractivity contribution in [2.24, 2.45) is 5.10 Å². The molecule has 2 aliphatic heterocycles. The zero-order chi connectivity index (χ0) is 13.7. The summed E-state index contributed by atoms with van der Waals surface area (Å²) in [6.45, 7) is 8.11. The van der Waals surface area contributed by atoms with Crippen LogP contribution in [0, 0.1) is 11.3 Å². The van der Waals surface area contributed by atoms with Crippen LogP contribution in [0.5, 0.6) is 0 Å². The molecular formula is C14H19N5. The molecule has 0 radical (unpaired) electrons. The summed E-state index contributed by atoms with van der Waals surface area (Å²) in [4.78, 5) is 4.61. The van der Waals surface area contributed by atoms with Crippen LogP contribution in [0.3, 0.4) is 0 Å². The Labute approximate surface area is 114 Å². The van der Waals surface area contributed by atoms with Gasteiger partial charge >= 0.3 is 0 Å². The van der Waals surface area contributed by atoms with E-state index in [0.29, 0.717) is 5.57 Å². The maximum Gasteiger partial charge on any atom is 0.101 e. The molecule has 100 valence electrons. The molecule has 0 aromatic heterocycles. The second-order valence-corrected chi connectivity index (χ2v) is 4.75. The van der Waals surface area contributed by atoms with E-state index in [2.05, 4.69) is 40.0 Å². The van der Waals surface area contributed by atoms with Crippen LogP contribution in [-0.4, -0.2) is 49.2 Å². The molecule has 0 spiro atoms. The van der Waals surface area contributed by atoms with E-state index in [1.165, 1.54) is 0 Å². The molecule has 0 atom stereocenters. The summed E-state index contributed by atoms with van der Waals surface area (Å²) < 4.78 is 0. The van der Waals surface area contributed by atoms with E-state index in [-0.39, 0.29) is 0 Å². The molecular weight excluding hydrogens is 238 g/mol. The van der Waals surface area contributed by atoms with Crippen LogP contribution in [0.4, 0.5) is 0 Å². The van der Waals surface area contributed by atoms with Gasteiger partial charge in [0.2, 0.25) is 0 Å². The first kappa shape index (κ1) is 13.4. The summed E-state index contributed by atoms with van der Waals surface area (Å²) in [7, 11) is 2.14. The molecule has 5 nitrogen and oxygen atoms in total. The van der Waals surface area contributed by atoms with Crippen molar-refractivity contribution in [2.45, 2.75) is 6.42 Å². The van der Waals surface area contributed by atoms with Gasteiger partial charge in [0.15, 0.2) is 0 Å². The lowest BCUT2D eigenvalue weighted by atomic mass is 10.0. The van der Waals surface area contributed by atoms with E-state index in [1.54, 1.807) is 12.4 Å². The second kappa shape index (κ2) is 6.21.